The Labute approximate surface area is 131 Å². The standard InChI is InChI=1S/C18H22N2O2/c1-3-4-5-13-6-9-15(10-7-13)20-17-11-8-14(12-16(17)19)18(21)22-2/h6-12,20H,3-5,19H2,1-2H3. The van der Waals surface area contributed by atoms with Crippen LogP contribution in [-0.4, -0.2) is 13.1 Å². The van der Waals surface area contributed by atoms with Crippen LogP contribution in [0.5, 0.6) is 0 Å². The van der Waals surface area contributed by atoms with E-state index in [1.807, 2.05) is 12.1 Å². The third kappa shape index (κ3) is 4.01. The molecule has 0 aromatic heterocycles. The number of unbranched alkanes of at least 4 members (excludes halogenated alkanes) is 1. The van der Waals surface area contributed by atoms with E-state index in [0.717, 1.165) is 17.8 Å². The maximum absolute atomic E-state index is 11.5. The molecule has 116 valence electrons. The van der Waals surface area contributed by atoms with Crippen molar-refractivity contribution < 1.29 is 9.53 Å². The molecule has 0 bridgehead atoms. The van der Waals surface area contributed by atoms with E-state index in [-0.39, 0.29) is 0 Å². The molecule has 0 unspecified atom stereocenters. The van der Waals surface area contributed by atoms with E-state index in [1.54, 1.807) is 18.2 Å². The van der Waals surface area contributed by atoms with Crippen molar-refractivity contribution in [3.63, 3.8) is 0 Å². The first-order valence-corrected chi connectivity index (χ1v) is 7.48. The summed E-state index contributed by atoms with van der Waals surface area (Å²) in [4.78, 5) is 11.5. The molecule has 0 aliphatic rings. The van der Waals surface area contributed by atoms with Gasteiger partial charge in [0.05, 0.1) is 24.0 Å². The molecular formula is C18H22N2O2. The average Bonchev–Trinajstić information content (AvgIpc) is 2.55. The summed E-state index contributed by atoms with van der Waals surface area (Å²) in [6.07, 6.45) is 3.50. The van der Waals surface area contributed by atoms with Crippen molar-refractivity contribution in [3.05, 3.63) is 53.6 Å². The molecule has 2 aromatic carbocycles. The Balaban J connectivity index is 2.08. The number of nitrogen functional groups attached to an aromatic ring is 1. The molecule has 0 heterocycles. The summed E-state index contributed by atoms with van der Waals surface area (Å²) in [6.45, 7) is 2.19. The van der Waals surface area contributed by atoms with E-state index >= 15 is 0 Å². The molecule has 0 aliphatic heterocycles. The van der Waals surface area contributed by atoms with Gasteiger partial charge in [0.25, 0.3) is 0 Å². The van der Waals surface area contributed by atoms with Gasteiger partial charge >= 0.3 is 5.97 Å². The zero-order chi connectivity index (χ0) is 15.9. The number of esters is 1. The predicted molar refractivity (Wildman–Crippen MR) is 90.5 cm³/mol. The Morgan fingerprint density at radius 1 is 1.18 bits per heavy atom. The van der Waals surface area contributed by atoms with Crippen LogP contribution in [0.4, 0.5) is 17.1 Å². The smallest absolute Gasteiger partial charge is 0.337 e. The van der Waals surface area contributed by atoms with E-state index in [2.05, 4.69) is 29.1 Å². The molecule has 0 atom stereocenters. The van der Waals surface area contributed by atoms with Gasteiger partial charge in [0.2, 0.25) is 0 Å². The van der Waals surface area contributed by atoms with Crippen molar-refractivity contribution in [2.24, 2.45) is 0 Å². The second-order valence-electron chi connectivity index (χ2n) is 5.22. The molecule has 22 heavy (non-hydrogen) atoms. The SMILES string of the molecule is CCCCc1ccc(Nc2ccc(C(=O)OC)cc2N)cc1. The van der Waals surface area contributed by atoms with Crippen molar-refractivity contribution in [2.75, 3.05) is 18.2 Å². The lowest BCUT2D eigenvalue weighted by molar-refractivity contribution is 0.0601. The first kappa shape index (κ1) is 15.9. The van der Waals surface area contributed by atoms with Crippen LogP contribution in [-0.2, 0) is 11.2 Å². The fourth-order valence-electron chi connectivity index (χ4n) is 2.21. The highest BCUT2D eigenvalue weighted by atomic mass is 16.5. The van der Waals surface area contributed by atoms with Crippen LogP contribution >= 0.6 is 0 Å². The van der Waals surface area contributed by atoms with Gasteiger partial charge in [-0.05, 0) is 48.7 Å². The number of carbonyl (C=O) groups is 1. The van der Waals surface area contributed by atoms with E-state index in [0.29, 0.717) is 11.3 Å². The van der Waals surface area contributed by atoms with Crippen molar-refractivity contribution in [1.29, 1.82) is 0 Å². The molecule has 0 saturated heterocycles. The van der Waals surface area contributed by atoms with Crippen molar-refractivity contribution in [3.8, 4) is 0 Å². The predicted octanol–water partition coefficient (Wildman–Crippen LogP) is 4.14. The Morgan fingerprint density at radius 2 is 1.91 bits per heavy atom. The maximum atomic E-state index is 11.5. The van der Waals surface area contributed by atoms with Gasteiger partial charge in [-0.1, -0.05) is 25.5 Å². The molecule has 0 aliphatic carbocycles. The number of hydrogen-bond donors (Lipinski definition) is 2. The van der Waals surface area contributed by atoms with E-state index < -0.39 is 5.97 Å². The molecule has 0 radical (unpaired) electrons. The topological polar surface area (TPSA) is 64.3 Å². The molecular weight excluding hydrogens is 276 g/mol. The van der Waals surface area contributed by atoms with Crippen LogP contribution in [0.1, 0.15) is 35.7 Å². The van der Waals surface area contributed by atoms with E-state index in [4.69, 9.17) is 5.73 Å². The lowest BCUT2D eigenvalue weighted by atomic mass is 10.1. The highest BCUT2D eigenvalue weighted by Crippen LogP contribution is 2.25. The second kappa shape index (κ2) is 7.50. The molecule has 0 saturated carbocycles. The molecule has 2 aromatic rings. The monoisotopic (exact) mass is 298 g/mol. The lowest BCUT2D eigenvalue weighted by Crippen LogP contribution is -2.03. The zero-order valence-corrected chi connectivity index (χ0v) is 13.1. The van der Waals surface area contributed by atoms with Gasteiger partial charge in [0.15, 0.2) is 0 Å². The van der Waals surface area contributed by atoms with Crippen LogP contribution in [0.25, 0.3) is 0 Å². The Morgan fingerprint density at radius 3 is 2.50 bits per heavy atom. The minimum absolute atomic E-state index is 0.390. The van der Waals surface area contributed by atoms with Gasteiger partial charge in [-0.3, -0.25) is 0 Å². The number of benzene rings is 2. The molecule has 2 rings (SSSR count). The average molecular weight is 298 g/mol. The summed E-state index contributed by atoms with van der Waals surface area (Å²) in [6, 6.07) is 13.4. The number of nitrogens with one attached hydrogen (secondary N) is 1. The number of ether oxygens (including phenoxy) is 1. The minimum atomic E-state index is -0.390. The molecule has 4 heteroatoms. The highest BCUT2D eigenvalue weighted by molar-refractivity contribution is 5.92. The van der Waals surface area contributed by atoms with Crippen LogP contribution < -0.4 is 11.1 Å². The first-order chi connectivity index (χ1) is 10.6. The fourth-order valence-corrected chi connectivity index (χ4v) is 2.21. The van der Waals surface area contributed by atoms with Crippen LogP contribution in [0.2, 0.25) is 0 Å². The number of anilines is 3. The molecule has 0 spiro atoms. The summed E-state index contributed by atoms with van der Waals surface area (Å²) < 4.78 is 4.68. The summed E-state index contributed by atoms with van der Waals surface area (Å²) in [5.41, 5.74) is 10.0. The molecule has 3 N–H and O–H groups in total. The molecule has 0 amide bonds. The van der Waals surface area contributed by atoms with Gasteiger partial charge < -0.3 is 15.8 Å². The van der Waals surface area contributed by atoms with Crippen molar-refractivity contribution in [2.45, 2.75) is 26.2 Å². The van der Waals surface area contributed by atoms with Crippen LogP contribution in [0.15, 0.2) is 42.5 Å². The van der Waals surface area contributed by atoms with Gasteiger partial charge in [-0.2, -0.15) is 0 Å². The van der Waals surface area contributed by atoms with E-state index in [1.165, 1.54) is 25.5 Å². The molecule has 4 nitrogen and oxygen atoms in total. The number of rotatable bonds is 6. The van der Waals surface area contributed by atoms with Gasteiger partial charge in [0, 0.05) is 5.69 Å². The maximum Gasteiger partial charge on any atom is 0.337 e. The Kier molecular flexibility index (Phi) is 5.42. The van der Waals surface area contributed by atoms with Crippen LogP contribution in [0.3, 0.4) is 0 Å². The summed E-state index contributed by atoms with van der Waals surface area (Å²) >= 11 is 0. The van der Waals surface area contributed by atoms with Gasteiger partial charge in [-0.25, -0.2) is 4.79 Å². The van der Waals surface area contributed by atoms with Crippen LogP contribution in [0, 0.1) is 0 Å². The fraction of sp³-hybridized carbons (Fsp3) is 0.278. The van der Waals surface area contributed by atoms with Gasteiger partial charge in [-0.15, -0.1) is 0 Å². The zero-order valence-electron chi connectivity index (χ0n) is 13.1. The third-order valence-corrected chi connectivity index (χ3v) is 3.52. The summed E-state index contributed by atoms with van der Waals surface area (Å²) in [7, 11) is 1.35. The second-order valence-corrected chi connectivity index (χ2v) is 5.22. The number of hydrogen-bond acceptors (Lipinski definition) is 4. The third-order valence-electron chi connectivity index (χ3n) is 3.52. The van der Waals surface area contributed by atoms with Crippen molar-refractivity contribution in [1.82, 2.24) is 0 Å². The van der Waals surface area contributed by atoms with E-state index in [9.17, 15) is 4.79 Å². The Hall–Kier alpha value is -2.49. The van der Waals surface area contributed by atoms with Crippen molar-refractivity contribution >= 4 is 23.0 Å². The summed E-state index contributed by atoms with van der Waals surface area (Å²) in [5, 5.41) is 3.26. The molecule has 0 fully saturated rings. The number of aryl methyl sites for hydroxylation is 1. The quantitative estimate of drug-likeness (QED) is 0.621. The largest absolute Gasteiger partial charge is 0.465 e. The number of carbonyl (C=O) groups excluding carboxylic acids is 1. The highest BCUT2D eigenvalue weighted by Gasteiger charge is 2.08. The number of methoxy groups -OCH3 is 1. The minimum Gasteiger partial charge on any atom is -0.465 e. The Bertz CT molecular complexity index is 636. The number of nitrogens with two attached hydrogens (primary N) is 1. The lowest BCUT2D eigenvalue weighted by Gasteiger charge is -2.11. The van der Waals surface area contributed by atoms with Gasteiger partial charge in [0.1, 0.15) is 0 Å². The first-order valence-electron chi connectivity index (χ1n) is 7.48. The normalized spacial score (nSPS) is 10.3. The summed E-state index contributed by atoms with van der Waals surface area (Å²) in [5.74, 6) is -0.390.